The Bertz CT molecular complexity index is 486. The van der Waals surface area contributed by atoms with Crippen LogP contribution in [0.3, 0.4) is 0 Å². The Morgan fingerprint density at radius 3 is 3.05 bits per heavy atom. The van der Waals surface area contributed by atoms with E-state index in [9.17, 15) is 8.42 Å². The number of aromatic amines is 1. The lowest BCUT2D eigenvalue weighted by molar-refractivity contribution is 0.174. The van der Waals surface area contributed by atoms with Crippen molar-refractivity contribution in [1.29, 1.82) is 0 Å². The number of nitrogens with zero attached hydrogens (tertiary/aromatic N) is 2. The van der Waals surface area contributed by atoms with Gasteiger partial charge in [0.2, 0.25) is 0 Å². The highest BCUT2D eigenvalue weighted by molar-refractivity contribution is 7.89. The van der Waals surface area contributed by atoms with Gasteiger partial charge in [0.1, 0.15) is 0 Å². The quantitative estimate of drug-likeness (QED) is 0.839. The van der Waals surface area contributed by atoms with E-state index < -0.39 is 10.0 Å². The zero-order chi connectivity index (χ0) is 13.9. The average molecular weight is 286 g/mol. The van der Waals surface area contributed by atoms with Crippen molar-refractivity contribution in [3.05, 3.63) is 12.5 Å². The number of H-pyrrole nitrogens is 1. The molecule has 1 aromatic rings. The van der Waals surface area contributed by atoms with Crippen LogP contribution in [0.1, 0.15) is 26.7 Å². The van der Waals surface area contributed by atoms with E-state index in [1.54, 1.807) is 0 Å². The van der Waals surface area contributed by atoms with Gasteiger partial charge in [-0.05, 0) is 32.2 Å². The fraction of sp³-hybridized carbons (Fsp3) is 0.750. The maximum Gasteiger partial charge on any atom is 0.257 e. The van der Waals surface area contributed by atoms with Gasteiger partial charge in [-0.1, -0.05) is 6.92 Å². The summed E-state index contributed by atoms with van der Waals surface area (Å²) in [5.41, 5.74) is 0. The fourth-order valence-electron chi connectivity index (χ4n) is 2.60. The number of likely N-dealkylation sites (tertiary alicyclic amines) is 1. The summed E-state index contributed by atoms with van der Waals surface area (Å²) in [5.74, 6) is 0.699. The Morgan fingerprint density at radius 2 is 2.42 bits per heavy atom. The molecule has 0 bridgehead atoms. The van der Waals surface area contributed by atoms with E-state index in [-0.39, 0.29) is 11.1 Å². The molecule has 7 heteroatoms. The summed E-state index contributed by atoms with van der Waals surface area (Å²) in [6, 6.07) is -0.112. The summed E-state index contributed by atoms with van der Waals surface area (Å²) in [6.07, 6.45) is 5.15. The number of aromatic nitrogens is 2. The van der Waals surface area contributed by atoms with Gasteiger partial charge >= 0.3 is 0 Å². The van der Waals surface area contributed by atoms with Crippen molar-refractivity contribution >= 4 is 10.0 Å². The van der Waals surface area contributed by atoms with Gasteiger partial charge < -0.3 is 9.88 Å². The topological polar surface area (TPSA) is 78.1 Å². The average Bonchev–Trinajstić information content (AvgIpc) is 2.81. The van der Waals surface area contributed by atoms with Gasteiger partial charge in [0.15, 0.2) is 5.03 Å². The van der Waals surface area contributed by atoms with Crippen LogP contribution >= 0.6 is 0 Å². The summed E-state index contributed by atoms with van der Waals surface area (Å²) in [6.45, 7) is 6.99. The molecule has 0 unspecified atom stereocenters. The third-order valence-electron chi connectivity index (χ3n) is 3.39. The Morgan fingerprint density at radius 1 is 1.63 bits per heavy atom. The minimum absolute atomic E-state index is 0.112. The molecule has 1 aliphatic rings. The van der Waals surface area contributed by atoms with Gasteiger partial charge in [0.05, 0.1) is 12.5 Å². The highest BCUT2D eigenvalue weighted by Gasteiger charge is 2.22. The maximum absolute atomic E-state index is 12.0. The minimum atomic E-state index is -3.48. The number of sulfonamides is 1. The van der Waals surface area contributed by atoms with E-state index in [4.69, 9.17) is 0 Å². The lowest BCUT2D eigenvalue weighted by Gasteiger charge is -2.32. The molecule has 2 heterocycles. The number of nitrogens with one attached hydrogen (secondary N) is 2. The molecule has 1 aliphatic heterocycles. The van der Waals surface area contributed by atoms with Crippen LogP contribution < -0.4 is 4.72 Å². The monoisotopic (exact) mass is 286 g/mol. The normalized spacial score (nSPS) is 23.4. The molecule has 1 aromatic heterocycles. The van der Waals surface area contributed by atoms with Gasteiger partial charge in [0, 0.05) is 19.1 Å². The van der Waals surface area contributed by atoms with Crippen LogP contribution in [0.15, 0.2) is 17.6 Å². The second-order valence-corrected chi connectivity index (χ2v) is 7.13. The molecule has 2 N–H and O–H groups in total. The van der Waals surface area contributed by atoms with Crippen molar-refractivity contribution < 1.29 is 8.42 Å². The third-order valence-corrected chi connectivity index (χ3v) is 4.91. The second kappa shape index (κ2) is 6.02. The minimum Gasteiger partial charge on any atom is -0.335 e. The van der Waals surface area contributed by atoms with Crippen LogP contribution in [0.2, 0.25) is 0 Å². The van der Waals surface area contributed by atoms with E-state index in [1.807, 2.05) is 6.92 Å². The van der Waals surface area contributed by atoms with E-state index in [0.29, 0.717) is 5.92 Å². The largest absolute Gasteiger partial charge is 0.335 e. The summed E-state index contributed by atoms with van der Waals surface area (Å²) in [4.78, 5) is 8.68. The molecule has 0 amide bonds. The summed E-state index contributed by atoms with van der Waals surface area (Å²) in [7, 11) is -3.48. The molecule has 0 aliphatic carbocycles. The van der Waals surface area contributed by atoms with Crippen LogP contribution in [0, 0.1) is 5.92 Å². The van der Waals surface area contributed by atoms with Crippen molar-refractivity contribution in [2.75, 3.05) is 19.6 Å². The van der Waals surface area contributed by atoms with Crippen LogP contribution in [0.4, 0.5) is 0 Å². The first kappa shape index (κ1) is 14.5. The Hall–Kier alpha value is -0.920. The fourth-order valence-corrected chi connectivity index (χ4v) is 3.73. The smallest absolute Gasteiger partial charge is 0.257 e. The number of piperidine rings is 1. The van der Waals surface area contributed by atoms with Gasteiger partial charge in [0.25, 0.3) is 10.0 Å². The lowest BCUT2D eigenvalue weighted by Crippen LogP contribution is -2.45. The summed E-state index contributed by atoms with van der Waals surface area (Å²) >= 11 is 0. The van der Waals surface area contributed by atoms with E-state index in [2.05, 4.69) is 26.5 Å². The molecule has 19 heavy (non-hydrogen) atoms. The zero-order valence-corrected chi connectivity index (χ0v) is 12.3. The summed E-state index contributed by atoms with van der Waals surface area (Å²) in [5, 5.41) is 0.117. The molecule has 2 rings (SSSR count). The van der Waals surface area contributed by atoms with E-state index in [1.165, 1.54) is 25.4 Å². The highest BCUT2D eigenvalue weighted by Crippen LogP contribution is 2.15. The first-order valence-electron chi connectivity index (χ1n) is 6.70. The Kier molecular flexibility index (Phi) is 4.59. The maximum atomic E-state index is 12.0. The van der Waals surface area contributed by atoms with Crippen LogP contribution in [-0.4, -0.2) is 49.0 Å². The lowest BCUT2D eigenvalue weighted by atomic mass is 10.00. The van der Waals surface area contributed by atoms with Crippen LogP contribution in [0.5, 0.6) is 0 Å². The first-order chi connectivity index (χ1) is 8.97. The van der Waals surface area contributed by atoms with Crippen LogP contribution in [-0.2, 0) is 10.0 Å². The number of rotatable bonds is 5. The number of hydrogen-bond donors (Lipinski definition) is 2. The zero-order valence-electron chi connectivity index (χ0n) is 11.5. The molecule has 1 saturated heterocycles. The van der Waals surface area contributed by atoms with Gasteiger partial charge in [-0.25, -0.2) is 18.1 Å². The summed E-state index contributed by atoms with van der Waals surface area (Å²) < 4.78 is 26.7. The second-order valence-electron chi connectivity index (χ2n) is 5.45. The standard InChI is InChI=1S/C12H22N4O2S/c1-10-4-3-5-16(7-10)8-11(2)15-19(17,18)12-6-13-9-14-12/h6,9-11,15H,3-5,7-8H2,1-2H3,(H,13,14)/t10-,11-/m0/s1. The number of imidazole rings is 1. The molecule has 6 nitrogen and oxygen atoms in total. The molecular formula is C12H22N4O2S. The molecule has 2 atom stereocenters. The van der Waals surface area contributed by atoms with Gasteiger partial charge in [-0.3, -0.25) is 0 Å². The van der Waals surface area contributed by atoms with Gasteiger partial charge in [-0.2, -0.15) is 0 Å². The van der Waals surface area contributed by atoms with Crippen molar-refractivity contribution in [3.8, 4) is 0 Å². The van der Waals surface area contributed by atoms with Crippen molar-refractivity contribution in [2.45, 2.75) is 37.8 Å². The predicted molar refractivity (Wildman–Crippen MR) is 73.2 cm³/mol. The van der Waals surface area contributed by atoms with Crippen molar-refractivity contribution in [3.63, 3.8) is 0 Å². The van der Waals surface area contributed by atoms with Gasteiger partial charge in [-0.15, -0.1) is 0 Å². The molecule has 0 aromatic carbocycles. The van der Waals surface area contributed by atoms with E-state index >= 15 is 0 Å². The highest BCUT2D eigenvalue weighted by atomic mass is 32.2. The SMILES string of the molecule is C[C@H]1CCCN(C[C@H](C)NS(=O)(=O)c2cnc[nH]2)C1. The van der Waals surface area contributed by atoms with Crippen molar-refractivity contribution in [2.24, 2.45) is 5.92 Å². The molecule has 0 spiro atoms. The van der Waals surface area contributed by atoms with E-state index in [0.717, 1.165) is 19.6 Å². The third kappa shape index (κ3) is 4.02. The Balaban J connectivity index is 1.89. The molecular weight excluding hydrogens is 264 g/mol. The molecule has 0 saturated carbocycles. The molecule has 1 fully saturated rings. The number of hydrogen-bond acceptors (Lipinski definition) is 4. The van der Waals surface area contributed by atoms with Crippen molar-refractivity contribution in [1.82, 2.24) is 19.6 Å². The predicted octanol–water partition coefficient (Wildman–Crippen LogP) is 0.808. The molecule has 0 radical (unpaired) electrons. The first-order valence-corrected chi connectivity index (χ1v) is 8.19. The van der Waals surface area contributed by atoms with Crippen LogP contribution in [0.25, 0.3) is 0 Å². The molecule has 108 valence electrons. The Labute approximate surface area is 114 Å².